The van der Waals surface area contributed by atoms with Crippen LogP contribution in [0.15, 0.2) is 206 Å². The van der Waals surface area contributed by atoms with Gasteiger partial charge in [0.1, 0.15) is 0 Å². The van der Waals surface area contributed by atoms with Crippen molar-refractivity contribution in [2.24, 2.45) is 0 Å². The Morgan fingerprint density at radius 3 is 1.42 bits per heavy atom. The number of anilines is 3. The van der Waals surface area contributed by atoms with Gasteiger partial charge in [-0.2, -0.15) is 0 Å². The summed E-state index contributed by atoms with van der Waals surface area (Å²) in [6, 6.07) is 74.0. The molecule has 0 aliphatic rings. The lowest BCUT2D eigenvalue weighted by Gasteiger charge is -2.30. The van der Waals surface area contributed by atoms with E-state index in [1.54, 1.807) is 0 Å². The molecule has 0 amide bonds. The van der Waals surface area contributed by atoms with E-state index >= 15 is 0 Å². The fourth-order valence-corrected chi connectivity index (χ4v) is 7.28. The van der Waals surface area contributed by atoms with E-state index in [1.165, 1.54) is 60.9 Å². The van der Waals surface area contributed by atoms with E-state index in [2.05, 4.69) is 216 Å². The van der Waals surface area contributed by atoms with E-state index in [1.807, 2.05) is 0 Å². The minimum absolute atomic E-state index is 1.10. The Balaban J connectivity index is 1.19. The number of fused-ring (bicyclic) bond motifs is 3. The molecule has 2 heteroatoms. The maximum Gasteiger partial charge on any atom is 0.0541 e. The molecule has 236 valence electrons. The fourth-order valence-electron chi connectivity index (χ4n) is 7.28. The summed E-state index contributed by atoms with van der Waals surface area (Å²) in [6.45, 7) is 0. The van der Waals surface area contributed by atoms with Crippen molar-refractivity contribution in [1.29, 1.82) is 0 Å². The number of nitrogens with zero attached hydrogens (tertiary/aromatic N) is 2. The lowest BCUT2D eigenvalue weighted by molar-refractivity contribution is 1.18. The third kappa shape index (κ3) is 5.24. The predicted molar refractivity (Wildman–Crippen MR) is 212 cm³/mol. The highest BCUT2D eigenvalue weighted by Crippen LogP contribution is 2.45. The molecule has 0 aliphatic heterocycles. The van der Waals surface area contributed by atoms with E-state index in [-0.39, 0.29) is 0 Å². The Morgan fingerprint density at radius 2 is 0.800 bits per heavy atom. The molecule has 8 aromatic carbocycles. The molecule has 9 rings (SSSR count). The van der Waals surface area contributed by atoms with Crippen molar-refractivity contribution >= 4 is 38.9 Å². The number of benzene rings is 8. The molecule has 0 N–H and O–H groups in total. The number of hydrogen-bond donors (Lipinski definition) is 0. The molecular weight excluding hydrogens is 605 g/mol. The summed E-state index contributed by atoms with van der Waals surface area (Å²) in [4.78, 5) is 2.41. The highest BCUT2D eigenvalue weighted by Gasteiger charge is 2.20. The maximum atomic E-state index is 2.41. The average Bonchev–Trinajstić information content (AvgIpc) is 3.53. The van der Waals surface area contributed by atoms with Crippen LogP contribution in [-0.4, -0.2) is 4.57 Å². The molecule has 0 aliphatic carbocycles. The van der Waals surface area contributed by atoms with E-state index in [0.29, 0.717) is 0 Å². The van der Waals surface area contributed by atoms with Gasteiger partial charge >= 0.3 is 0 Å². The first-order valence-electron chi connectivity index (χ1n) is 17.1. The van der Waals surface area contributed by atoms with Crippen LogP contribution in [0.1, 0.15) is 0 Å². The largest absolute Gasteiger partial charge is 0.309 e. The van der Waals surface area contributed by atoms with Crippen molar-refractivity contribution < 1.29 is 0 Å². The van der Waals surface area contributed by atoms with Crippen LogP contribution in [-0.2, 0) is 0 Å². The highest BCUT2D eigenvalue weighted by molar-refractivity contribution is 6.10. The van der Waals surface area contributed by atoms with E-state index in [9.17, 15) is 0 Å². The monoisotopic (exact) mass is 638 g/mol. The van der Waals surface area contributed by atoms with Crippen LogP contribution in [0.3, 0.4) is 0 Å². The first kappa shape index (κ1) is 29.5. The van der Waals surface area contributed by atoms with E-state index < -0.39 is 0 Å². The Labute approximate surface area is 292 Å². The summed E-state index contributed by atoms with van der Waals surface area (Å²) in [7, 11) is 0. The summed E-state index contributed by atoms with van der Waals surface area (Å²) < 4.78 is 2.36. The number of para-hydroxylation sites is 4. The maximum absolute atomic E-state index is 2.41. The Kier molecular flexibility index (Phi) is 7.53. The lowest BCUT2D eigenvalue weighted by Crippen LogP contribution is -2.12. The lowest BCUT2D eigenvalue weighted by atomic mass is 9.98. The molecular formula is C48H34N2. The van der Waals surface area contributed by atoms with Crippen LogP contribution in [0.2, 0.25) is 0 Å². The zero-order valence-corrected chi connectivity index (χ0v) is 27.5. The smallest absolute Gasteiger partial charge is 0.0541 e. The molecule has 2 nitrogen and oxygen atoms in total. The van der Waals surface area contributed by atoms with Crippen LogP contribution < -0.4 is 4.90 Å². The Hall–Kier alpha value is -6.64. The number of aromatic nitrogens is 1. The molecule has 0 radical (unpaired) electrons. The van der Waals surface area contributed by atoms with Gasteiger partial charge in [0.25, 0.3) is 0 Å². The van der Waals surface area contributed by atoms with Crippen molar-refractivity contribution in [3.05, 3.63) is 206 Å². The molecule has 1 aromatic heterocycles. The van der Waals surface area contributed by atoms with Gasteiger partial charge in [0.05, 0.1) is 22.4 Å². The van der Waals surface area contributed by atoms with Crippen LogP contribution >= 0.6 is 0 Å². The average molecular weight is 639 g/mol. The number of rotatable bonds is 7. The van der Waals surface area contributed by atoms with E-state index in [0.717, 1.165) is 17.1 Å². The second-order valence-electron chi connectivity index (χ2n) is 12.6. The molecule has 9 aromatic rings. The highest BCUT2D eigenvalue weighted by atomic mass is 15.1. The predicted octanol–water partition coefficient (Wildman–Crippen LogP) is 13.3. The van der Waals surface area contributed by atoms with Gasteiger partial charge in [-0.05, 0) is 76.9 Å². The summed E-state index contributed by atoms with van der Waals surface area (Å²) in [5, 5.41) is 2.51. The minimum Gasteiger partial charge on any atom is -0.309 e. The number of hydrogen-bond acceptors (Lipinski definition) is 1. The van der Waals surface area contributed by atoms with Gasteiger partial charge in [0.15, 0.2) is 0 Å². The second kappa shape index (κ2) is 12.8. The third-order valence-electron chi connectivity index (χ3n) is 9.61. The first-order chi connectivity index (χ1) is 24.8. The van der Waals surface area contributed by atoms with Gasteiger partial charge < -0.3 is 9.47 Å². The quantitative estimate of drug-likeness (QED) is 0.169. The second-order valence-corrected chi connectivity index (χ2v) is 12.6. The molecule has 50 heavy (non-hydrogen) atoms. The SMILES string of the molecule is c1ccc(-c2ccccc2N(c2ccc(-c3ccc4c(c3)c3ccccc3n4-c3ccccc3)cc2)c2ccccc2-c2ccccc2)cc1. The van der Waals surface area contributed by atoms with Crippen LogP contribution in [0.5, 0.6) is 0 Å². The summed E-state index contributed by atoms with van der Waals surface area (Å²) in [5.74, 6) is 0. The molecule has 1 heterocycles. The minimum atomic E-state index is 1.10. The van der Waals surface area contributed by atoms with Crippen molar-refractivity contribution in [2.45, 2.75) is 0 Å². The Morgan fingerprint density at radius 1 is 0.320 bits per heavy atom. The van der Waals surface area contributed by atoms with Crippen molar-refractivity contribution in [3.8, 4) is 39.1 Å². The normalized spacial score (nSPS) is 11.2. The van der Waals surface area contributed by atoms with Gasteiger partial charge in [-0.3, -0.25) is 0 Å². The molecule has 0 atom stereocenters. The van der Waals surface area contributed by atoms with Crippen molar-refractivity contribution in [2.75, 3.05) is 4.90 Å². The zero-order chi connectivity index (χ0) is 33.3. The topological polar surface area (TPSA) is 8.17 Å². The summed E-state index contributed by atoms with van der Waals surface area (Å²) in [6.07, 6.45) is 0. The molecule has 0 saturated carbocycles. The third-order valence-corrected chi connectivity index (χ3v) is 9.61. The van der Waals surface area contributed by atoms with Gasteiger partial charge in [-0.15, -0.1) is 0 Å². The van der Waals surface area contributed by atoms with Gasteiger partial charge in [-0.1, -0.05) is 152 Å². The molecule has 0 unspecified atom stereocenters. The van der Waals surface area contributed by atoms with Crippen molar-refractivity contribution in [3.63, 3.8) is 0 Å². The van der Waals surface area contributed by atoms with E-state index in [4.69, 9.17) is 0 Å². The molecule has 0 fully saturated rings. The zero-order valence-electron chi connectivity index (χ0n) is 27.5. The van der Waals surface area contributed by atoms with Crippen LogP contribution in [0, 0.1) is 0 Å². The standard InChI is InChI=1S/C48H34N2/c1-4-16-36(17-5-1)41-22-10-13-25-45(41)50(46-26-14-11-23-42(46)37-18-6-2-7-19-37)40-31-28-35(29-32-40)38-30-33-48-44(34-38)43-24-12-15-27-47(43)49(48)39-20-8-3-9-21-39/h1-34H. The molecule has 0 bridgehead atoms. The van der Waals surface area contributed by atoms with Crippen LogP contribution in [0.25, 0.3) is 60.9 Å². The molecule has 0 saturated heterocycles. The Bertz CT molecular complexity index is 2480. The fraction of sp³-hybridized carbons (Fsp3) is 0. The summed E-state index contributed by atoms with van der Waals surface area (Å²) >= 11 is 0. The van der Waals surface area contributed by atoms with Crippen LogP contribution in [0.4, 0.5) is 17.1 Å². The van der Waals surface area contributed by atoms with Crippen molar-refractivity contribution in [1.82, 2.24) is 4.57 Å². The van der Waals surface area contributed by atoms with Gasteiger partial charge in [-0.25, -0.2) is 0 Å². The first-order valence-corrected chi connectivity index (χ1v) is 17.1. The molecule has 0 spiro atoms. The van der Waals surface area contributed by atoms with Gasteiger partial charge in [0.2, 0.25) is 0 Å². The van der Waals surface area contributed by atoms with Gasteiger partial charge in [0, 0.05) is 33.3 Å². The summed E-state index contributed by atoms with van der Waals surface area (Å²) in [5.41, 5.74) is 14.1.